The molecular formula is C23H25BrF3N7O. The fourth-order valence-electron chi connectivity index (χ4n) is 4.24. The predicted molar refractivity (Wildman–Crippen MR) is 133 cm³/mol. The maximum atomic E-state index is 13.9. The second kappa shape index (κ2) is 8.98. The van der Waals surface area contributed by atoms with Crippen LogP contribution >= 0.6 is 15.9 Å². The van der Waals surface area contributed by atoms with E-state index in [-0.39, 0.29) is 23.2 Å². The van der Waals surface area contributed by atoms with Gasteiger partial charge in [0.05, 0.1) is 26.9 Å². The molecule has 12 heteroatoms. The third-order valence-electron chi connectivity index (χ3n) is 5.98. The molecule has 4 heterocycles. The molecule has 0 bridgehead atoms. The molecule has 0 spiro atoms. The number of rotatable bonds is 4. The number of aromatic amines is 1. The normalized spacial score (nSPS) is 19.9. The summed E-state index contributed by atoms with van der Waals surface area (Å²) in [5.74, 6) is 0.174. The third kappa shape index (κ3) is 4.94. The van der Waals surface area contributed by atoms with Crippen LogP contribution in [0, 0.1) is 0 Å². The fourth-order valence-corrected chi connectivity index (χ4v) is 4.80. The molecule has 0 radical (unpaired) electrons. The first-order chi connectivity index (χ1) is 16.6. The topological polar surface area (TPSA) is 99.2 Å². The lowest BCUT2D eigenvalue weighted by molar-refractivity contribution is -0.137. The van der Waals surface area contributed by atoms with E-state index < -0.39 is 11.7 Å². The highest BCUT2D eigenvalue weighted by molar-refractivity contribution is 9.10. The molecule has 2 aliphatic rings. The Kier molecular flexibility index (Phi) is 6.12. The number of amidine groups is 1. The smallest absolute Gasteiger partial charge is 0.419 e. The quantitative estimate of drug-likeness (QED) is 0.358. The fraction of sp³-hybridized carbons (Fsp3) is 0.435. The van der Waals surface area contributed by atoms with Crippen molar-refractivity contribution in [1.29, 1.82) is 0 Å². The molecule has 0 saturated carbocycles. The van der Waals surface area contributed by atoms with Crippen molar-refractivity contribution >= 4 is 44.5 Å². The van der Waals surface area contributed by atoms with Gasteiger partial charge in [0.15, 0.2) is 0 Å². The van der Waals surface area contributed by atoms with Gasteiger partial charge in [0, 0.05) is 35.9 Å². The summed E-state index contributed by atoms with van der Waals surface area (Å²) in [6, 6.07) is 3.96. The van der Waals surface area contributed by atoms with E-state index in [9.17, 15) is 13.2 Å². The summed E-state index contributed by atoms with van der Waals surface area (Å²) >= 11 is 3.56. The van der Waals surface area contributed by atoms with Gasteiger partial charge in [-0.3, -0.25) is 0 Å². The molecule has 1 saturated heterocycles. The van der Waals surface area contributed by atoms with Crippen molar-refractivity contribution in [2.24, 2.45) is 4.99 Å². The number of alkyl halides is 3. The number of nitrogens with zero attached hydrogens (tertiary/aromatic N) is 3. The van der Waals surface area contributed by atoms with E-state index in [0.29, 0.717) is 45.8 Å². The monoisotopic (exact) mass is 551 g/mol. The van der Waals surface area contributed by atoms with Crippen molar-refractivity contribution in [2.75, 3.05) is 30.3 Å². The molecule has 2 aliphatic heterocycles. The number of ether oxygens (including phenoxy) is 1. The number of H-pyrrole nitrogens is 1. The van der Waals surface area contributed by atoms with Gasteiger partial charge in [0.2, 0.25) is 5.95 Å². The molecule has 186 valence electrons. The Hall–Kier alpha value is -2.86. The van der Waals surface area contributed by atoms with Crippen molar-refractivity contribution in [3.8, 4) is 11.3 Å². The van der Waals surface area contributed by atoms with E-state index in [2.05, 4.69) is 51.8 Å². The average Bonchev–Trinajstić information content (AvgIpc) is 3.38. The molecule has 2 aromatic heterocycles. The number of hydrogen-bond acceptors (Lipinski definition) is 7. The van der Waals surface area contributed by atoms with Crippen LogP contribution < -0.4 is 16.0 Å². The number of fused-ring (bicyclic) bond motifs is 1. The lowest BCUT2D eigenvalue weighted by Crippen LogP contribution is -2.38. The summed E-state index contributed by atoms with van der Waals surface area (Å²) in [6.07, 6.45) is -0.341. The summed E-state index contributed by atoms with van der Waals surface area (Å²) in [5.41, 5.74) is 0.248. The lowest BCUT2D eigenvalue weighted by atomic mass is 10.1. The van der Waals surface area contributed by atoms with Gasteiger partial charge in [0.25, 0.3) is 6.02 Å². The summed E-state index contributed by atoms with van der Waals surface area (Å²) < 4.78 is 47.9. The van der Waals surface area contributed by atoms with E-state index in [4.69, 9.17) is 4.74 Å². The first-order valence-corrected chi connectivity index (χ1v) is 12.1. The van der Waals surface area contributed by atoms with Crippen LogP contribution in [0.3, 0.4) is 0 Å². The Morgan fingerprint density at radius 3 is 2.77 bits per heavy atom. The van der Waals surface area contributed by atoms with Gasteiger partial charge in [-0.15, -0.1) is 0 Å². The maximum absolute atomic E-state index is 13.9. The van der Waals surface area contributed by atoms with Gasteiger partial charge in [-0.05, 0) is 55.2 Å². The lowest BCUT2D eigenvalue weighted by Gasteiger charge is -2.24. The highest BCUT2D eigenvalue weighted by atomic mass is 79.9. The Bertz CT molecular complexity index is 1280. The van der Waals surface area contributed by atoms with E-state index in [0.717, 1.165) is 25.6 Å². The summed E-state index contributed by atoms with van der Waals surface area (Å²) in [7, 11) is 0. The summed E-state index contributed by atoms with van der Waals surface area (Å²) in [5, 5.41) is 10.2. The summed E-state index contributed by atoms with van der Waals surface area (Å²) in [6.45, 7) is 6.02. The first-order valence-electron chi connectivity index (χ1n) is 11.3. The van der Waals surface area contributed by atoms with Crippen LogP contribution in [0.5, 0.6) is 0 Å². The van der Waals surface area contributed by atoms with Crippen molar-refractivity contribution in [1.82, 2.24) is 20.3 Å². The van der Waals surface area contributed by atoms with Crippen molar-refractivity contribution in [3.63, 3.8) is 0 Å². The Labute approximate surface area is 208 Å². The van der Waals surface area contributed by atoms with Crippen LogP contribution in [0.25, 0.3) is 22.2 Å². The van der Waals surface area contributed by atoms with E-state index in [1.165, 1.54) is 6.20 Å². The molecule has 1 atom stereocenters. The Morgan fingerprint density at radius 2 is 2.09 bits per heavy atom. The molecule has 1 fully saturated rings. The maximum Gasteiger partial charge on any atom is 0.419 e. The largest absolute Gasteiger partial charge is 0.462 e. The van der Waals surface area contributed by atoms with Gasteiger partial charge in [-0.1, -0.05) is 6.07 Å². The number of anilines is 2. The second-order valence-corrected chi connectivity index (χ2v) is 10.1. The molecule has 35 heavy (non-hydrogen) atoms. The molecule has 4 N–H and O–H groups in total. The van der Waals surface area contributed by atoms with Crippen LogP contribution in [0.2, 0.25) is 0 Å². The predicted octanol–water partition coefficient (Wildman–Crippen LogP) is 5.15. The van der Waals surface area contributed by atoms with Gasteiger partial charge in [-0.2, -0.15) is 13.2 Å². The van der Waals surface area contributed by atoms with Gasteiger partial charge in [-0.25, -0.2) is 15.0 Å². The van der Waals surface area contributed by atoms with Crippen molar-refractivity contribution in [3.05, 3.63) is 34.6 Å². The Morgan fingerprint density at radius 1 is 1.26 bits per heavy atom. The number of aliphatic imine (C=N–C) groups is 1. The van der Waals surface area contributed by atoms with Crippen LogP contribution in [0.4, 0.5) is 24.8 Å². The van der Waals surface area contributed by atoms with Crippen LogP contribution in [0.15, 0.2) is 34.0 Å². The number of nitrogens with one attached hydrogen (secondary N) is 4. The zero-order valence-corrected chi connectivity index (χ0v) is 20.8. The van der Waals surface area contributed by atoms with Gasteiger partial charge >= 0.3 is 6.18 Å². The van der Waals surface area contributed by atoms with E-state index in [1.807, 2.05) is 13.8 Å². The minimum atomic E-state index is -4.60. The molecule has 0 amide bonds. The van der Waals surface area contributed by atoms with Gasteiger partial charge in [0.1, 0.15) is 12.2 Å². The number of piperidine rings is 1. The first kappa shape index (κ1) is 23.9. The third-order valence-corrected chi connectivity index (χ3v) is 6.80. The minimum absolute atomic E-state index is 0.0600. The summed E-state index contributed by atoms with van der Waals surface area (Å²) in [4.78, 5) is 15.9. The molecule has 1 aromatic carbocycles. The molecule has 5 rings (SSSR count). The minimum Gasteiger partial charge on any atom is -0.462 e. The van der Waals surface area contributed by atoms with E-state index >= 15 is 0 Å². The Balaban J connectivity index is 1.52. The molecular weight excluding hydrogens is 527 g/mol. The van der Waals surface area contributed by atoms with E-state index in [1.54, 1.807) is 12.1 Å². The number of hydrogen-bond donors (Lipinski definition) is 4. The zero-order chi connectivity index (χ0) is 24.8. The molecule has 3 aromatic rings. The average molecular weight is 552 g/mol. The van der Waals surface area contributed by atoms with Crippen LogP contribution in [-0.4, -0.2) is 52.3 Å². The van der Waals surface area contributed by atoms with Gasteiger partial charge < -0.3 is 25.7 Å². The van der Waals surface area contributed by atoms with Crippen LogP contribution in [-0.2, 0) is 10.9 Å². The number of aromatic nitrogens is 3. The molecule has 0 aliphatic carbocycles. The van der Waals surface area contributed by atoms with Crippen LogP contribution in [0.1, 0.15) is 32.3 Å². The number of halogens is 4. The highest BCUT2D eigenvalue weighted by Crippen LogP contribution is 2.41. The number of benzene rings is 1. The SMILES string of the molecule is CC1(C)COC(Nc2ccc3c(-c4nc(N[C@H]5CCCNC5)ncc4C(F)(F)F)c[nH]c3c2Br)=N1. The second-order valence-electron chi connectivity index (χ2n) is 9.34. The van der Waals surface area contributed by atoms with Crippen molar-refractivity contribution in [2.45, 2.75) is 44.4 Å². The standard InChI is InChI=1S/C23H25BrF3N7O/c1-22(2)11-35-21(34-22)32-16-6-5-13-14(9-29-19(13)17(16)24)18-15(23(25,26)27)10-30-20(33-18)31-12-4-3-7-28-8-12/h5-6,9-10,12,28-29H,3-4,7-8,11H2,1-2H3,(H,32,34)(H,30,31,33)/t12-/m0/s1. The molecule has 8 nitrogen and oxygen atoms in total. The highest BCUT2D eigenvalue weighted by Gasteiger charge is 2.36. The zero-order valence-electron chi connectivity index (χ0n) is 19.2. The molecule has 0 unspecified atom stereocenters. The van der Waals surface area contributed by atoms with Crippen molar-refractivity contribution < 1.29 is 17.9 Å².